The van der Waals surface area contributed by atoms with E-state index in [2.05, 4.69) is 46.4 Å². The Morgan fingerprint density at radius 2 is 1.57 bits per heavy atom. The summed E-state index contributed by atoms with van der Waals surface area (Å²) < 4.78 is 5.76. The van der Waals surface area contributed by atoms with Crippen molar-refractivity contribution in [2.45, 2.75) is 60.0 Å². The normalized spacial score (nSPS) is 18.1. The molecule has 0 spiro atoms. The summed E-state index contributed by atoms with van der Waals surface area (Å²) in [5, 5.41) is 0. The lowest BCUT2D eigenvalue weighted by molar-refractivity contribution is -0.133. The van der Waals surface area contributed by atoms with Gasteiger partial charge in [-0.3, -0.25) is 9.69 Å². The van der Waals surface area contributed by atoms with Gasteiger partial charge in [0.15, 0.2) is 0 Å². The van der Waals surface area contributed by atoms with Gasteiger partial charge in [0.1, 0.15) is 0 Å². The summed E-state index contributed by atoms with van der Waals surface area (Å²) in [6, 6.07) is 0. The quantitative estimate of drug-likeness (QED) is 0.782. The minimum Gasteiger partial charge on any atom is -0.375 e. The lowest BCUT2D eigenvalue weighted by Crippen LogP contribution is -2.49. The van der Waals surface area contributed by atoms with Crippen LogP contribution in [-0.4, -0.2) is 60.6 Å². The third kappa shape index (κ3) is 8.42. The van der Waals surface area contributed by atoms with Crippen molar-refractivity contribution in [1.29, 1.82) is 0 Å². The van der Waals surface area contributed by atoms with E-state index < -0.39 is 0 Å². The number of hydrogen-bond donors (Lipinski definition) is 0. The first-order valence-electron chi connectivity index (χ1n) is 8.21. The molecular formula is C17H34N2O2. The van der Waals surface area contributed by atoms with Gasteiger partial charge in [-0.15, -0.1) is 0 Å². The van der Waals surface area contributed by atoms with Crippen molar-refractivity contribution in [3.05, 3.63) is 0 Å². The van der Waals surface area contributed by atoms with Crippen LogP contribution in [-0.2, 0) is 9.53 Å². The summed E-state index contributed by atoms with van der Waals surface area (Å²) >= 11 is 0. The molecule has 21 heavy (non-hydrogen) atoms. The average molecular weight is 298 g/mol. The smallest absolute Gasteiger partial charge is 0.222 e. The van der Waals surface area contributed by atoms with E-state index in [1.165, 1.54) is 0 Å². The Balaban J connectivity index is 2.21. The number of rotatable bonds is 5. The molecule has 1 saturated heterocycles. The highest BCUT2D eigenvalue weighted by atomic mass is 16.5. The van der Waals surface area contributed by atoms with Gasteiger partial charge in [0.25, 0.3) is 0 Å². The number of carbonyl (C=O) groups excluding carboxylic acids is 1. The van der Waals surface area contributed by atoms with Gasteiger partial charge in [-0.2, -0.15) is 0 Å². The summed E-state index contributed by atoms with van der Waals surface area (Å²) in [5.41, 5.74) is 0.173. The molecule has 1 rings (SSSR count). The zero-order valence-electron chi connectivity index (χ0n) is 14.9. The fourth-order valence-electron chi connectivity index (χ4n) is 2.34. The van der Waals surface area contributed by atoms with Crippen molar-refractivity contribution in [2.75, 3.05) is 39.3 Å². The van der Waals surface area contributed by atoms with Crippen LogP contribution in [0.2, 0.25) is 0 Å². The number of ether oxygens (including phenoxy) is 1. The molecule has 0 radical (unpaired) electrons. The van der Waals surface area contributed by atoms with Crippen LogP contribution in [0, 0.1) is 5.41 Å². The maximum absolute atomic E-state index is 12.2. The summed E-state index contributed by atoms with van der Waals surface area (Å²) in [6.45, 7) is 18.2. The lowest BCUT2D eigenvalue weighted by Gasteiger charge is -2.35. The summed E-state index contributed by atoms with van der Waals surface area (Å²) in [6.07, 6.45) is 1.64. The average Bonchev–Trinajstić information content (AvgIpc) is 2.34. The maximum atomic E-state index is 12.2. The first-order chi connectivity index (χ1) is 9.57. The Labute approximate surface area is 130 Å². The highest BCUT2D eigenvalue weighted by molar-refractivity contribution is 5.76. The van der Waals surface area contributed by atoms with Gasteiger partial charge in [-0.1, -0.05) is 20.8 Å². The SMILES string of the molecule is CC(C)(C)CCC(=O)N1CCN(CCOC(C)(C)C)CC1. The summed E-state index contributed by atoms with van der Waals surface area (Å²) in [4.78, 5) is 16.6. The van der Waals surface area contributed by atoms with Crippen LogP contribution in [0.4, 0.5) is 0 Å². The Morgan fingerprint density at radius 1 is 1.00 bits per heavy atom. The largest absolute Gasteiger partial charge is 0.375 e. The number of nitrogens with zero attached hydrogens (tertiary/aromatic N) is 2. The molecule has 1 fully saturated rings. The van der Waals surface area contributed by atoms with E-state index in [1.807, 2.05) is 4.90 Å². The standard InChI is InChI=1S/C17H34N2O2/c1-16(2,3)8-7-15(20)19-11-9-18(10-12-19)13-14-21-17(4,5)6/h7-14H2,1-6H3. The Bertz CT molecular complexity index is 321. The van der Waals surface area contributed by atoms with E-state index >= 15 is 0 Å². The molecule has 0 aromatic heterocycles. The van der Waals surface area contributed by atoms with Crippen LogP contribution in [0.1, 0.15) is 54.4 Å². The third-order valence-corrected chi connectivity index (χ3v) is 3.76. The zero-order valence-corrected chi connectivity index (χ0v) is 14.9. The molecule has 4 nitrogen and oxygen atoms in total. The Morgan fingerprint density at radius 3 is 2.05 bits per heavy atom. The molecule has 0 bridgehead atoms. The van der Waals surface area contributed by atoms with Gasteiger partial charge in [-0.05, 0) is 32.6 Å². The second-order valence-corrected chi connectivity index (χ2v) is 8.24. The predicted octanol–water partition coefficient (Wildman–Crippen LogP) is 2.77. The molecule has 0 aliphatic carbocycles. The van der Waals surface area contributed by atoms with E-state index in [0.717, 1.165) is 45.8 Å². The van der Waals surface area contributed by atoms with Gasteiger partial charge >= 0.3 is 0 Å². The molecule has 1 aliphatic rings. The first kappa shape index (κ1) is 18.4. The zero-order chi connectivity index (χ0) is 16.1. The maximum Gasteiger partial charge on any atom is 0.222 e. The number of piperazine rings is 1. The van der Waals surface area contributed by atoms with Crippen LogP contribution >= 0.6 is 0 Å². The Hall–Kier alpha value is -0.610. The predicted molar refractivity (Wildman–Crippen MR) is 87.4 cm³/mol. The van der Waals surface area contributed by atoms with Crippen LogP contribution < -0.4 is 0 Å². The lowest BCUT2D eigenvalue weighted by atomic mass is 9.90. The number of amides is 1. The summed E-state index contributed by atoms with van der Waals surface area (Å²) in [5.74, 6) is 0.315. The van der Waals surface area contributed by atoms with Crippen molar-refractivity contribution >= 4 is 5.91 Å². The van der Waals surface area contributed by atoms with Crippen molar-refractivity contribution in [1.82, 2.24) is 9.80 Å². The van der Waals surface area contributed by atoms with E-state index in [4.69, 9.17) is 4.74 Å². The first-order valence-corrected chi connectivity index (χ1v) is 8.21. The molecule has 0 unspecified atom stereocenters. The molecule has 124 valence electrons. The van der Waals surface area contributed by atoms with E-state index in [-0.39, 0.29) is 11.0 Å². The van der Waals surface area contributed by atoms with E-state index in [1.54, 1.807) is 0 Å². The molecule has 1 aliphatic heterocycles. The third-order valence-electron chi connectivity index (χ3n) is 3.76. The molecular weight excluding hydrogens is 264 g/mol. The van der Waals surface area contributed by atoms with Crippen molar-refractivity contribution < 1.29 is 9.53 Å². The minimum atomic E-state index is -0.0647. The topological polar surface area (TPSA) is 32.8 Å². The minimum absolute atomic E-state index is 0.0647. The van der Waals surface area contributed by atoms with Crippen LogP contribution in [0.3, 0.4) is 0 Å². The number of hydrogen-bond acceptors (Lipinski definition) is 3. The monoisotopic (exact) mass is 298 g/mol. The van der Waals surface area contributed by atoms with Crippen molar-refractivity contribution in [3.63, 3.8) is 0 Å². The molecule has 4 heteroatoms. The molecule has 0 saturated carbocycles. The van der Waals surface area contributed by atoms with Gasteiger partial charge in [-0.25, -0.2) is 0 Å². The van der Waals surface area contributed by atoms with Crippen LogP contribution in [0.25, 0.3) is 0 Å². The van der Waals surface area contributed by atoms with Gasteiger partial charge in [0.05, 0.1) is 12.2 Å². The Kier molecular flexibility index (Phi) is 6.67. The second-order valence-electron chi connectivity index (χ2n) is 8.24. The van der Waals surface area contributed by atoms with Gasteiger partial charge in [0.2, 0.25) is 5.91 Å². The molecule has 0 aromatic rings. The molecule has 0 aromatic carbocycles. The van der Waals surface area contributed by atoms with Crippen molar-refractivity contribution in [2.24, 2.45) is 5.41 Å². The molecule has 0 atom stereocenters. The van der Waals surface area contributed by atoms with Crippen LogP contribution in [0.5, 0.6) is 0 Å². The summed E-state index contributed by atoms with van der Waals surface area (Å²) in [7, 11) is 0. The highest BCUT2D eigenvalue weighted by Gasteiger charge is 2.22. The van der Waals surface area contributed by atoms with E-state index in [0.29, 0.717) is 12.3 Å². The second kappa shape index (κ2) is 7.59. The molecule has 0 N–H and O–H groups in total. The van der Waals surface area contributed by atoms with Crippen molar-refractivity contribution in [3.8, 4) is 0 Å². The van der Waals surface area contributed by atoms with E-state index in [9.17, 15) is 4.79 Å². The van der Waals surface area contributed by atoms with Gasteiger partial charge < -0.3 is 9.64 Å². The molecule has 1 heterocycles. The van der Waals surface area contributed by atoms with Crippen LogP contribution in [0.15, 0.2) is 0 Å². The van der Waals surface area contributed by atoms with Gasteiger partial charge in [0, 0.05) is 39.1 Å². The fourth-order valence-corrected chi connectivity index (χ4v) is 2.34. The highest BCUT2D eigenvalue weighted by Crippen LogP contribution is 2.21. The number of carbonyl (C=O) groups is 1. The fraction of sp³-hybridized carbons (Fsp3) is 0.941. The molecule has 1 amide bonds.